The van der Waals surface area contributed by atoms with Gasteiger partial charge in [-0.05, 0) is 33.1 Å². The van der Waals surface area contributed by atoms with Gasteiger partial charge in [0, 0.05) is 24.4 Å². The Morgan fingerprint density at radius 3 is 2.52 bits per heavy atom. The van der Waals surface area contributed by atoms with Crippen molar-refractivity contribution in [2.75, 3.05) is 7.11 Å². The second kappa shape index (κ2) is 5.78. The van der Waals surface area contributed by atoms with Crippen LogP contribution in [0.5, 0.6) is 0 Å². The highest BCUT2D eigenvalue weighted by Gasteiger charge is 2.32. The monoisotopic (exact) mass is 316 g/mol. The number of aryl methyl sites for hydroxylation is 1. The highest BCUT2D eigenvalue weighted by atomic mass is 32.2. The third kappa shape index (κ3) is 3.12. The van der Waals surface area contributed by atoms with E-state index in [1.165, 1.54) is 6.92 Å². The van der Waals surface area contributed by atoms with Crippen LogP contribution in [0.3, 0.4) is 0 Å². The van der Waals surface area contributed by atoms with Crippen LogP contribution in [-0.2, 0) is 14.8 Å². The maximum Gasteiger partial charge on any atom is 0.352 e. The SMILES string of the molecule is COC1CCC(NS(=O)(=O)c2c(C)[nH]c(C(=O)O)c2C)C1. The van der Waals surface area contributed by atoms with Crippen molar-refractivity contribution < 1.29 is 23.1 Å². The molecule has 0 aromatic carbocycles. The van der Waals surface area contributed by atoms with Gasteiger partial charge in [-0.15, -0.1) is 0 Å². The van der Waals surface area contributed by atoms with Crippen molar-refractivity contribution in [2.24, 2.45) is 0 Å². The molecule has 1 saturated carbocycles. The molecule has 1 aliphatic rings. The lowest BCUT2D eigenvalue weighted by molar-refractivity contribution is 0.0690. The minimum absolute atomic E-state index is 0.0285. The largest absolute Gasteiger partial charge is 0.477 e. The number of aromatic amines is 1. The number of aromatic carboxylic acids is 1. The third-order valence-corrected chi connectivity index (χ3v) is 5.68. The molecule has 1 heterocycles. The fraction of sp³-hybridized carbons (Fsp3) is 0.615. The predicted molar refractivity (Wildman–Crippen MR) is 76.0 cm³/mol. The van der Waals surface area contributed by atoms with E-state index in [-0.39, 0.29) is 28.3 Å². The van der Waals surface area contributed by atoms with Gasteiger partial charge in [-0.2, -0.15) is 0 Å². The van der Waals surface area contributed by atoms with Crippen molar-refractivity contribution in [1.29, 1.82) is 0 Å². The fourth-order valence-electron chi connectivity index (χ4n) is 2.89. The van der Waals surface area contributed by atoms with Crippen LogP contribution in [0, 0.1) is 13.8 Å². The Morgan fingerprint density at radius 1 is 1.38 bits per heavy atom. The van der Waals surface area contributed by atoms with Gasteiger partial charge in [0.25, 0.3) is 0 Å². The number of H-pyrrole nitrogens is 1. The van der Waals surface area contributed by atoms with Crippen LogP contribution < -0.4 is 4.72 Å². The van der Waals surface area contributed by atoms with Gasteiger partial charge >= 0.3 is 5.97 Å². The van der Waals surface area contributed by atoms with Gasteiger partial charge in [0.05, 0.1) is 6.10 Å². The van der Waals surface area contributed by atoms with Crippen LogP contribution in [0.15, 0.2) is 4.90 Å². The van der Waals surface area contributed by atoms with Crippen molar-refractivity contribution in [3.05, 3.63) is 17.0 Å². The number of rotatable bonds is 5. The van der Waals surface area contributed by atoms with Crippen LogP contribution in [0.25, 0.3) is 0 Å². The summed E-state index contributed by atoms with van der Waals surface area (Å²) in [4.78, 5) is 13.7. The van der Waals surface area contributed by atoms with E-state index in [9.17, 15) is 13.2 Å². The summed E-state index contributed by atoms with van der Waals surface area (Å²) in [5.74, 6) is -1.17. The highest BCUT2D eigenvalue weighted by Crippen LogP contribution is 2.27. The summed E-state index contributed by atoms with van der Waals surface area (Å²) in [6.07, 6.45) is 2.23. The first-order valence-electron chi connectivity index (χ1n) is 6.73. The second-order valence-corrected chi connectivity index (χ2v) is 7.02. The maximum absolute atomic E-state index is 12.5. The zero-order chi connectivity index (χ0) is 15.8. The zero-order valence-electron chi connectivity index (χ0n) is 12.3. The molecule has 0 amide bonds. The lowest BCUT2D eigenvalue weighted by atomic mass is 10.2. The van der Waals surface area contributed by atoms with Crippen LogP contribution in [0.4, 0.5) is 0 Å². The van der Waals surface area contributed by atoms with Gasteiger partial charge < -0.3 is 14.8 Å². The van der Waals surface area contributed by atoms with E-state index in [0.717, 1.165) is 6.42 Å². The average Bonchev–Trinajstić information content (AvgIpc) is 2.93. The number of methoxy groups -OCH3 is 1. The van der Waals surface area contributed by atoms with Gasteiger partial charge in [-0.1, -0.05) is 0 Å². The molecule has 0 radical (unpaired) electrons. The van der Waals surface area contributed by atoms with Gasteiger partial charge in [-0.3, -0.25) is 0 Å². The Labute approximate surface area is 123 Å². The second-order valence-electron chi connectivity index (χ2n) is 5.37. The normalized spacial score (nSPS) is 22.6. The Balaban J connectivity index is 2.26. The van der Waals surface area contributed by atoms with E-state index >= 15 is 0 Å². The molecule has 2 atom stereocenters. The lowest BCUT2D eigenvalue weighted by Crippen LogP contribution is -2.34. The molecular formula is C13H20N2O5S. The van der Waals surface area contributed by atoms with E-state index in [2.05, 4.69) is 9.71 Å². The molecule has 0 saturated heterocycles. The van der Waals surface area contributed by atoms with Gasteiger partial charge in [0.1, 0.15) is 10.6 Å². The molecular weight excluding hydrogens is 296 g/mol. The zero-order valence-corrected chi connectivity index (χ0v) is 13.1. The summed E-state index contributed by atoms with van der Waals surface area (Å²) < 4.78 is 32.9. The van der Waals surface area contributed by atoms with E-state index in [1.807, 2.05) is 0 Å². The minimum atomic E-state index is -3.75. The van der Waals surface area contributed by atoms with Crippen molar-refractivity contribution in [3.63, 3.8) is 0 Å². The van der Waals surface area contributed by atoms with Gasteiger partial charge in [0.15, 0.2) is 0 Å². The summed E-state index contributed by atoms with van der Waals surface area (Å²) >= 11 is 0. The first-order valence-corrected chi connectivity index (χ1v) is 8.22. The molecule has 3 N–H and O–H groups in total. The summed E-state index contributed by atoms with van der Waals surface area (Å²) in [7, 11) is -2.14. The molecule has 1 aromatic rings. The fourth-order valence-corrected chi connectivity index (χ4v) is 4.62. The molecule has 7 nitrogen and oxygen atoms in total. The van der Waals surface area contributed by atoms with E-state index in [0.29, 0.717) is 18.5 Å². The number of ether oxygens (including phenoxy) is 1. The van der Waals surface area contributed by atoms with Gasteiger partial charge in [-0.25, -0.2) is 17.9 Å². The molecule has 1 fully saturated rings. The van der Waals surface area contributed by atoms with Crippen LogP contribution in [0.1, 0.15) is 41.0 Å². The predicted octanol–water partition coefficient (Wildman–Crippen LogP) is 1.18. The van der Waals surface area contributed by atoms with Crippen LogP contribution in [0.2, 0.25) is 0 Å². The van der Waals surface area contributed by atoms with Crippen molar-refractivity contribution in [3.8, 4) is 0 Å². The van der Waals surface area contributed by atoms with Crippen molar-refractivity contribution in [1.82, 2.24) is 9.71 Å². The number of carbonyl (C=O) groups is 1. The topological polar surface area (TPSA) is 108 Å². The third-order valence-electron chi connectivity index (χ3n) is 3.89. The molecule has 0 spiro atoms. The van der Waals surface area contributed by atoms with E-state index in [1.54, 1.807) is 14.0 Å². The Bertz CT molecular complexity index is 650. The molecule has 2 rings (SSSR count). The van der Waals surface area contributed by atoms with Crippen LogP contribution >= 0.6 is 0 Å². The standard InChI is InChI=1S/C13H20N2O5S/c1-7-11(13(16)17)14-8(2)12(7)21(18,19)15-9-4-5-10(6-9)20-3/h9-10,14-15H,4-6H2,1-3H3,(H,16,17). The number of carboxylic acids is 1. The molecule has 0 bridgehead atoms. The molecule has 2 unspecified atom stereocenters. The average molecular weight is 316 g/mol. The van der Waals surface area contributed by atoms with Crippen molar-refractivity contribution in [2.45, 2.75) is 50.2 Å². The summed E-state index contributed by atoms with van der Waals surface area (Å²) in [5.41, 5.74) is 0.474. The highest BCUT2D eigenvalue weighted by molar-refractivity contribution is 7.89. The number of aromatic nitrogens is 1. The molecule has 8 heteroatoms. The lowest BCUT2D eigenvalue weighted by Gasteiger charge is -2.14. The Morgan fingerprint density at radius 2 is 2.05 bits per heavy atom. The summed E-state index contributed by atoms with van der Waals surface area (Å²) in [6.45, 7) is 3.05. The minimum Gasteiger partial charge on any atom is -0.477 e. The maximum atomic E-state index is 12.5. The molecule has 1 aliphatic carbocycles. The first-order chi connectivity index (χ1) is 9.76. The molecule has 1 aromatic heterocycles. The van der Waals surface area contributed by atoms with Gasteiger partial charge in [0.2, 0.25) is 10.0 Å². The number of hydrogen-bond donors (Lipinski definition) is 3. The smallest absolute Gasteiger partial charge is 0.352 e. The number of hydrogen-bond acceptors (Lipinski definition) is 4. The van der Waals surface area contributed by atoms with E-state index in [4.69, 9.17) is 9.84 Å². The summed E-state index contributed by atoms with van der Waals surface area (Å²) in [5, 5.41) is 9.06. The van der Waals surface area contributed by atoms with Crippen molar-refractivity contribution >= 4 is 16.0 Å². The quantitative estimate of drug-likeness (QED) is 0.756. The number of sulfonamides is 1. The van der Waals surface area contributed by atoms with E-state index < -0.39 is 16.0 Å². The number of carboxylic acid groups (broad SMARTS) is 1. The first kappa shape index (κ1) is 16.0. The molecule has 118 valence electrons. The molecule has 21 heavy (non-hydrogen) atoms. The summed E-state index contributed by atoms with van der Waals surface area (Å²) in [6, 6.07) is -0.179. The Hall–Kier alpha value is -1.38. The Kier molecular flexibility index (Phi) is 4.40. The van der Waals surface area contributed by atoms with Crippen LogP contribution in [-0.4, -0.2) is 43.7 Å². The number of nitrogens with one attached hydrogen (secondary N) is 2. The molecule has 0 aliphatic heterocycles.